The molecule has 1 rings (SSSR count). The lowest BCUT2D eigenvalue weighted by Gasteiger charge is -2.06. The average Bonchev–Trinajstić information content (AvgIpc) is 3.00. The lowest BCUT2D eigenvalue weighted by molar-refractivity contribution is -0.137. The number of carbonyl (C=O) groups excluding carboxylic acids is 1. The molecule has 0 bridgehead atoms. The maximum atomic E-state index is 11.3. The van der Waals surface area contributed by atoms with Gasteiger partial charge in [0.25, 0.3) is 0 Å². The fourth-order valence-corrected chi connectivity index (χ4v) is 2.16. The number of hydrogen-bond acceptors (Lipinski definition) is 5. The van der Waals surface area contributed by atoms with Gasteiger partial charge in [0.05, 0.1) is 7.11 Å². The molecule has 0 amide bonds. The Bertz CT molecular complexity index is 324. The van der Waals surface area contributed by atoms with E-state index in [1.165, 1.54) is 12.8 Å². The molecule has 0 unspecified atom stereocenters. The molecular formula is C9H18N2O4S. The Balaban J connectivity index is 2.07. The van der Waals surface area contributed by atoms with Gasteiger partial charge in [0.2, 0.25) is 10.0 Å². The summed E-state index contributed by atoms with van der Waals surface area (Å²) in [6, 6.07) is 0.631. The Hall–Kier alpha value is -0.660. The lowest BCUT2D eigenvalue weighted by atomic mass is 10.4. The number of carbonyl (C=O) groups is 1. The Morgan fingerprint density at radius 1 is 1.38 bits per heavy atom. The summed E-state index contributed by atoms with van der Waals surface area (Å²) in [5.74, 6) is -1.36. The molecule has 1 aliphatic rings. The van der Waals surface area contributed by atoms with Crippen molar-refractivity contribution in [2.24, 2.45) is 0 Å². The molecule has 0 atom stereocenters. The first-order valence-electron chi connectivity index (χ1n) is 5.31. The molecule has 1 fully saturated rings. The zero-order valence-corrected chi connectivity index (χ0v) is 10.2. The fourth-order valence-electron chi connectivity index (χ4n) is 1.17. The predicted molar refractivity (Wildman–Crippen MR) is 59.4 cm³/mol. The summed E-state index contributed by atoms with van der Waals surface area (Å²) < 4.78 is 29.2. The zero-order valence-electron chi connectivity index (χ0n) is 9.36. The highest BCUT2D eigenvalue weighted by Gasteiger charge is 2.20. The molecule has 1 saturated carbocycles. The van der Waals surface area contributed by atoms with Crippen molar-refractivity contribution in [1.82, 2.24) is 10.0 Å². The van der Waals surface area contributed by atoms with Gasteiger partial charge in [-0.1, -0.05) is 0 Å². The third-order valence-electron chi connectivity index (χ3n) is 2.22. The van der Waals surface area contributed by atoms with Crippen molar-refractivity contribution < 1.29 is 17.9 Å². The molecule has 0 spiro atoms. The second-order valence-electron chi connectivity index (χ2n) is 3.81. The summed E-state index contributed by atoms with van der Waals surface area (Å²) >= 11 is 0. The average molecular weight is 250 g/mol. The molecule has 16 heavy (non-hydrogen) atoms. The van der Waals surface area contributed by atoms with E-state index in [1.807, 2.05) is 0 Å². The highest BCUT2D eigenvalue weighted by atomic mass is 32.2. The van der Waals surface area contributed by atoms with Crippen LogP contribution in [0.4, 0.5) is 0 Å². The molecule has 6 nitrogen and oxygen atoms in total. The van der Waals surface area contributed by atoms with Crippen LogP contribution in [0.2, 0.25) is 0 Å². The summed E-state index contributed by atoms with van der Waals surface area (Å²) in [4.78, 5) is 10.8. The van der Waals surface area contributed by atoms with Crippen LogP contribution >= 0.6 is 0 Å². The van der Waals surface area contributed by atoms with Gasteiger partial charge in [-0.3, -0.25) is 4.79 Å². The van der Waals surface area contributed by atoms with Gasteiger partial charge in [0, 0.05) is 12.6 Å². The molecule has 0 aromatic heterocycles. The van der Waals surface area contributed by atoms with Gasteiger partial charge >= 0.3 is 5.97 Å². The largest absolute Gasteiger partial charge is 0.468 e. The summed E-state index contributed by atoms with van der Waals surface area (Å²) in [6.45, 7) is 1.14. The summed E-state index contributed by atoms with van der Waals surface area (Å²) in [7, 11) is -2.37. The third-order valence-corrected chi connectivity index (χ3v) is 3.48. The van der Waals surface area contributed by atoms with Gasteiger partial charge in [-0.05, 0) is 25.8 Å². The van der Waals surface area contributed by atoms with E-state index in [4.69, 9.17) is 0 Å². The van der Waals surface area contributed by atoms with Crippen LogP contribution in [0, 0.1) is 0 Å². The quantitative estimate of drug-likeness (QED) is 0.436. The van der Waals surface area contributed by atoms with E-state index in [0.29, 0.717) is 12.6 Å². The van der Waals surface area contributed by atoms with Crippen molar-refractivity contribution in [2.75, 3.05) is 26.0 Å². The minimum atomic E-state index is -3.53. The molecule has 2 N–H and O–H groups in total. The molecular weight excluding hydrogens is 232 g/mol. The van der Waals surface area contributed by atoms with Gasteiger partial charge in [0.15, 0.2) is 5.75 Å². The Morgan fingerprint density at radius 2 is 2.06 bits per heavy atom. The first-order valence-corrected chi connectivity index (χ1v) is 6.96. The monoisotopic (exact) mass is 250 g/mol. The summed E-state index contributed by atoms with van der Waals surface area (Å²) in [5.41, 5.74) is 0. The number of ether oxygens (including phenoxy) is 1. The Kier molecular flexibility index (Phi) is 5.17. The van der Waals surface area contributed by atoms with Crippen molar-refractivity contribution in [3.05, 3.63) is 0 Å². The molecule has 0 aromatic rings. The standard InChI is InChI=1S/C9H18N2O4S/c1-15-9(12)7-16(13,14)11-6-2-5-10-8-3-4-8/h8,10-11H,2-7H2,1H3. The van der Waals surface area contributed by atoms with Gasteiger partial charge in [-0.15, -0.1) is 0 Å². The van der Waals surface area contributed by atoms with E-state index >= 15 is 0 Å². The van der Waals surface area contributed by atoms with Crippen LogP contribution in [0.25, 0.3) is 0 Å². The van der Waals surface area contributed by atoms with Crippen molar-refractivity contribution in [3.63, 3.8) is 0 Å². The molecule has 0 heterocycles. The molecule has 0 saturated heterocycles. The van der Waals surface area contributed by atoms with Crippen LogP contribution in [-0.2, 0) is 19.6 Å². The highest BCUT2D eigenvalue weighted by molar-refractivity contribution is 7.90. The molecule has 94 valence electrons. The van der Waals surface area contributed by atoms with E-state index in [2.05, 4.69) is 14.8 Å². The number of methoxy groups -OCH3 is 1. The normalized spacial score (nSPS) is 16.1. The molecule has 1 aliphatic carbocycles. The lowest BCUT2D eigenvalue weighted by Crippen LogP contribution is -2.32. The van der Waals surface area contributed by atoms with Crippen molar-refractivity contribution in [1.29, 1.82) is 0 Å². The number of hydrogen-bond donors (Lipinski definition) is 2. The van der Waals surface area contributed by atoms with Crippen molar-refractivity contribution >= 4 is 16.0 Å². The van der Waals surface area contributed by atoms with Gasteiger partial charge < -0.3 is 10.1 Å². The van der Waals surface area contributed by atoms with Crippen molar-refractivity contribution in [2.45, 2.75) is 25.3 Å². The molecule has 0 aliphatic heterocycles. The summed E-state index contributed by atoms with van der Waals surface area (Å²) in [6.07, 6.45) is 3.15. The predicted octanol–water partition coefficient (Wildman–Crippen LogP) is -0.779. The van der Waals surface area contributed by atoms with Gasteiger partial charge in [-0.25, -0.2) is 13.1 Å². The van der Waals surface area contributed by atoms with Crippen LogP contribution in [-0.4, -0.2) is 46.4 Å². The highest BCUT2D eigenvalue weighted by Crippen LogP contribution is 2.18. The fraction of sp³-hybridized carbons (Fsp3) is 0.889. The van der Waals surface area contributed by atoms with Crippen LogP contribution in [0.5, 0.6) is 0 Å². The molecule has 0 radical (unpaired) electrons. The van der Waals surface area contributed by atoms with Gasteiger partial charge in [-0.2, -0.15) is 0 Å². The third kappa shape index (κ3) is 6.04. The van der Waals surface area contributed by atoms with Crippen LogP contribution < -0.4 is 10.0 Å². The Labute approximate surface area is 95.8 Å². The smallest absolute Gasteiger partial charge is 0.322 e. The molecule has 7 heteroatoms. The topological polar surface area (TPSA) is 84.5 Å². The van der Waals surface area contributed by atoms with Crippen molar-refractivity contribution in [3.8, 4) is 0 Å². The first kappa shape index (κ1) is 13.4. The SMILES string of the molecule is COC(=O)CS(=O)(=O)NCCCNC1CC1. The van der Waals surface area contributed by atoms with Crippen LogP contribution in [0.15, 0.2) is 0 Å². The van der Waals surface area contributed by atoms with Gasteiger partial charge in [0.1, 0.15) is 0 Å². The second kappa shape index (κ2) is 6.17. The van der Waals surface area contributed by atoms with E-state index in [0.717, 1.165) is 20.1 Å². The second-order valence-corrected chi connectivity index (χ2v) is 5.62. The number of esters is 1. The minimum absolute atomic E-state index is 0.346. The van der Waals surface area contributed by atoms with E-state index in [1.54, 1.807) is 0 Å². The maximum absolute atomic E-state index is 11.3. The zero-order chi connectivity index (χ0) is 12.0. The van der Waals surface area contributed by atoms with E-state index in [-0.39, 0.29) is 0 Å². The molecule has 0 aromatic carbocycles. The number of rotatable bonds is 8. The maximum Gasteiger partial charge on any atom is 0.322 e. The summed E-state index contributed by atoms with van der Waals surface area (Å²) in [5, 5.41) is 3.27. The minimum Gasteiger partial charge on any atom is -0.468 e. The van der Waals surface area contributed by atoms with Crippen LogP contribution in [0.3, 0.4) is 0 Å². The van der Waals surface area contributed by atoms with E-state index in [9.17, 15) is 13.2 Å². The first-order chi connectivity index (χ1) is 7.53. The van der Waals surface area contributed by atoms with E-state index < -0.39 is 21.7 Å². The number of sulfonamides is 1. The number of nitrogens with one attached hydrogen (secondary N) is 2. The Morgan fingerprint density at radius 3 is 2.62 bits per heavy atom. The van der Waals surface area contributed by atoms with Crippen LogP contribution in [0.1, 0.15) is 19.3 Å².